The highest BCUT2D eigenvalue weighted by Gasteiger charge is 2.29. The molecule has 0 aliphatic rings. The van der Waals surface area contributed by atoms with Crippen molar-refractivity contribution in [1.29, 1.82) is 0 Å². The summed E-state index contributed by atoms with van der Waals surface area (Å²) < 4.78 is 0. The molecule has 0 spiro atoms. The van der Waals surface area contributed by atoms with Gasteiger partial charge in [0.25, 0.3) is 0 Å². The second-order valence-electron chi connectivity index (χ2n) is 5.03. The van der Waals surface area contributed by atoms with Gasteiger partial charge in [-0.1, -0.05) is 49.4 Å². The van der Waals surface area contributed by atoms with Gasteiger partial charge in [0.1, 0.15) is 0 Å². The third-order valence-electron chi connectivity index (χ3n) is 3.48. The van der Waals surface area contributed by atoms with Crippen molar-refractivity contribution in [3.05, 3.63) is 48.0 Å². The lowest BCUT2D eigenvalue weighted by Crippen LogP contribution is -2.42. The van der Waals surface area contributed by atoms with Gasteiger partial charge in [-0.2, -0.15) is 0 Å². The molecule has 3 nitrogen and oxygen atoms in total. The number of carbonyl (C=O) groups is 1. The Morgan fingerprint density at radius 1 is 1.21 bits per heavy atom. The Bertz CT molecular complexity index is 589. The summed E-state index contributed by atoms with van der Waals surface area (Å²) in [7, 11) is 0. The monoisotopic (exact) mass is 256 g/mol. The van der Waals surface area contributed by atoms with Crippen molar-refractivity contribution in [3.63, 3.8) is 0 Å². The molecule has 3 N–H and O–H groups in total. The molecule has 0 aliphatic heterocycles. The maximum absolute atomic E-state index is 11.4. The van der Waals surface area contributed by atoms with Crippen LogP contribution in [0.2, 0.25) is 0 Å². The van der Waals surface area contributed by atoms with Gasteiger partial charge in [0.05, 0.1) is 0 Å². The van der Waals surface area contributed by atoms with Crippen LogP contribution in [0.4, 0.5) is 0 Å². The molecule has 0 saturated carbocycles. The number of primary amides is 1. The first-order valence-electron chi connectivity index (χ1n) is 6.58. The summed E-state index contributed by atoms with van der Waals surface area (Å²) >= 11 is 0. The van der Waals surface area contributed by atoms with Gasteiger partial charge in [0.2, 0.25) is 5.91 Å². The Morgan fingerprint density at radius 2 is 1.89 bits per heavy atom. The fraction of sp³-hybridized carbons (Fsp3) is 0.312. The number of carbonyl (C=O) groups excluding carboxylic acids is 1. The standard InChI is InChI=1S/C16H20N2O/c1-3-18-16(2,11-15(17)19)14-10-6-8-12-7-4-5-9-13(12)14/h4-10,18H,3,11H2,1-2H3,(H2,17,19). The quantitative estimate of drug-likeness (QED) is 0.863. The molecule has 1 atom stereocenters. The van der Waals surface area contributed by atoms with E-state index >= 15 is 0 Å². The molecule has 0 bridgehead atoms. The summed E-state index contributed by atoms with van der Waals surface area (Å²) in [5.74, 6) is -0.295. The van der Waals surface area contributed by atoms with Gasteiger partial charge in [0.15, 0.2) is 0 Å². The van der Waals surface area contributed by atoms with Crippen LogP contribution >= 0.6 is 0 Å². The van der Waals surface area contributed by atoms with Gasteiger partial charge in [-0.25, -0.2) is 0 Å². The number of amides is 1. The van der Waals surface area contributed by atoms with Crippen molar-refractivity contribution < 1.29 is 4.79 Å². The number of hydrogen-bond acceptors (Lipinski definition) is 2. The molecule has 0 saturated heterocycles. The Kier molecular flexibility index (Phi) is 3.86. The summed E-state index contributed by atoms with van der Waals surface area (Å²) in [5, 5.41) is 5.73. The molecule has 0 fully saturated rings. The maximum Gasteiger partial charge on any atom is 0.219 e. The molecule has 0 aliphatic carbocycles. The summed E-state index contributed by atoms with van der Waals surface area (Å²) in [6.07, 6.45) is 0.287. The third-order valence-corrected chi connectivity index (χ3v) is 3.48. The van der Waals surface area contributed by atoms with E-state index < -0.39 is 5.54 Å². The molecule has 0 aromatic heterocycles. The lowest BCUT2D eigenvalue weighted by molar-refractivity contribution is -0.119. The first-order valence-corrected chi connectivity index (χ1v) is 6.58. The van der Waals surface area contributed by atoms with E-state index in [-0.39, 0.29) is 12.3 Å². The van der Waals surface area contributed by atoms with Crippen molar-refractivity contribution in [3.8, 4) is 0 Å². The lowest BCUT2D eigenvalue weighted by atomic mass is 9.85. The molecule has 2 rings (SSSR count). The second kappa shape index (κ2) is 5.41. The van der Waals surface area contributed by atoms with Crippen molar-refractivity contribution in [2.24, 2.45) is 5.73 Å². The van der Waals surface area contributed by atoms with Gasteiger partial charge in [0, 0.05) is 12.0 Å². The highest BCUT2D eigenvalue weighted by molar-refractivity contribution is 5.87. The minimum atomic E-state index is -0.429. The minimum Gasteiger partial charge on any atom is -0.370 e. The molecule has 1 unspecified atom stereocenters. The Hall–Kier alpha value is -1.87. The van der Waals surface area contributed by atoms with Crippen LogP contribution in [0, 0.1) is 0 Å². The summed E-state index contributed by atoms with van der Waals surface area (Å²) in [5.41, 5.74) is 6.10. The topological polar surface area (TPSA) is 55.1 Å². The number of nitrogens with two attached hydrogens (primary N) is 1. The predicted molar refractivity (Wildman–Crippen MR) is 78.8 cm³/mol. The SMILES string of the molecule is CCNC(C)(CC(N)=O)c1cccc2ccccc12. The number of rotatable bonds is 5. The largest absolute Gasteiger partial charge is 0.370 e. The zero-order chi connectivity index (χ0) is 13.9. The van der Waals surface area contributed by atoms with Gasteiger partial charge < -0.3 is 11.1 Å². The van der Waals surface area contributed by atoms with Crippen molar-refractivity contribution in [2.45, 2.75) is 25.8 Å². The minimum absolute atomic E-state index is 0.287. The van der Waals surface area contributed by atoms with Gasteiger partial charge in [-0.05, 0) is 29.8 Å². The van der Waals surface area contributed by atoms with Crippen molar-refractivity contribution >= 4 is 16.7 Å². The third kappa shape index (κ3) is 2.76. The Labute approximate surface area is 113 Å². The molecule has 3 heteroatoms. The molecule has 2 aromatic carbocycles. The molecule has 2 aromatic rings. The van der Waals surface area contributed by atoms with Crippen molar-refractivity contribution in [1.82, 2.24) is 5.32 Å². The van der Waals surface area contributed by atoms with Crippen LogP contribution in [-0.4, -0.2) is 12.5 Å². The van der Waals surface area contributed by atoms with Crippen LogP contribution in [0.15, 0.2) is 42.5 Å². The lowest BCUT2D eigenvalue weighted by Gasteiger charge is -2.31. The van der Waals surface area contributed by atoms with E-state index in [1.165, 1.54) is 5.39 Å². The van der Waals surface area contributed by atoms with Crippen LogP contribution in [0.25, 0.3) is 10.8 Å². The molecular weight excluding hydrogens is 236 g/mol. The molecule has 1 amide bonds. The number of hydrogen-bond donors (Lipinski definition) is 2. The highest BCUT2D eigenvalue weighted by atomic mass is 16.1. The van der Waals surface area contributed by atoms with E-state index in [1.807, 2.05) is 32.0 Å². The first-order chi connectivity index (χ1) is 9.07. The van der Waals surface area contributed by atoms with E-state index in [1.54, 1.807) is 0 Å². The van der Waals surface area contributed by atoms with Crippen LogP contribution in [0.1, 0.15) is 25.8 Å². The highest BCUT2D eigenvalue weighted by Crippen LogP contribution is 2.31. The van der Waals surface area contributed by atoms with Crippen LogP contribution in [-0.2, 0) is 10.3 Å². The van der Waals surface area contributed by atoms with Crippen LogP contribution in [0.3, 0.4) is 0 Å². The van der Waals surface area contributed by atoms with E-state index in [9.17, 15) is 4.79 Å². The van der Waals surface area contributed by atoms with Crippen LogP contribution in [0.5, 0.6) is 0 Å². The van der Waals surface area contributed by atoms with E-state index in [2.05, 4.69) is 29.6 Å². The average Bonchev–Trinajstić information content (AvgIpc) is 2.37. The zero-order valence-corrected chi connectivity index (χ0v) is 11.4. The molecule has 0 heterocycles. The number of nitrogens with one attached hydrogen (secondary N) is 1. The normalized spacial score (nSPS) is 14.2. The fourth-order valence-corrected chi connectivity index (χ4v) is 2.70. The zero-order valence-electron chi connectivity index (χ0n) is 11.4. The van der Waals surface area contributed by atoms with Crippen LogP contribution < -0.4 is 11.1 Å². The van der Waals surface area contributed by atoms with E-state index in [0.717, 1.165) is 17.5 Å². The average molecular weight is 256 g/mol. The predicted octanol–water partition coefficient (Wildman–Crippen LogP) is 2.54. The molecular formula is C16H20N2O. The number of fused-ring (bicyclic) bond motifs is 1. The smallest absolute Gasteiger partial charge is 0.219 e. The Morgan fingerprint density at radius 3 is 2.58 bits per heavy atom. The van der Waals surface area contributed by atoms with Crippen molar-refractivity contribution in [2.75, 3.05) is 6.54 Å². The summed E-state index contributed by atoms with van der Waals surface area (Å²) in [6.45, 7) is 4.85. The Balaban J connectivity index is 2.58. The van der Waals surface area contributed by atoms with E-state index in [4.69, 9.17) is 5.73 Å². The molecule has 19 heavy (non-hydrogen) atoms. The first kappa shape index (κ1) is 13.6. The van der Waals surface area contributed by atoms with E-state index in [0.29, 0.717) is 0 Å². The van der Waals surface area contributed by atoms with Gasteiger partial charge in [-0.3, -0.25) is 4.79 Å². The number of benzene rings is 2. The summed E-state index contributed by atoms with van der Waals surface area (Å²) in [4.78, 5) is 11.4. The second-order valence-corrected chi connectivity index (χ2v) is 5.03. The summed E-state index contributed by atoms with van der Waals surface area (Å²) in [6, 6.07) is 14.4. The van der Waals surface area contributed by atoms with Gasteiger partial charge in [-0.15, -0.1) is 0 Å². The molecule has 100 valence electrons. The molecule has 0 radical (unpaired) electrons. The fourth-order valence-electron chi connectivity index (χ4n) is 2.70. The van der Waals surface area contributed by atoms with Gasteiger partial charge >= 0.3 is 0 Å². The maximum atomic E-state index is 11.4.